The molecule has 1 atom stereocenters. The average Bonchev–Trinajstić information content (AvgIpc) is 2.29. The fourth-order valence-electron chi connectivity index (χ4n) is 1.04. The van der Waals surface area contributed by atoms with E-state index in [1.54, 1.807) is 37.4 Å². The van der Waals surface area contributed by atoms with E-state index < -0.39 is 6.04 Å². The zero-order valence-electron chi connectivity index (χ0n) is 8.34. The number of aromatic nitrogens is 1. The summed E-state index contributed by atoms with van der Waals surface area (Å²) in [6.07, 6.45) is 6.38. The van der Waals surface area contributed by atoms with Gasteiger partial charge in [-0.15, -0.1) is 0 Å². The van der Waals surface area contributed by atoms with Gasteiger partial charge < -0.3 is 5.32 Å². The number of nitrogens with zero attached hydrogens (tertiary/aromatic N) is 2. The number of carbonyl (C=O) groups excluding carboxylic acids is 1. The minimum absolute atomic E-state index is 0.298. The second-order valence-electron chi connectivity index (χ2n) is 2.85. The molecular formula is C11H11N3O. The summed E-state index contributed by atoms with van der Waals surface area (Å²) in [6, 6.07) is 4.69. The highest BCUT2D eigenvalue weighted by molar-refractivity contribution is 5.94. The van der Waals surface area contributed by atoms with E-state index >= 15 is 0 Å². The van der Waals surface area contributed by atoms with Gasteiger partial charge in [-0.1, -0.05) is 12.2 Å². The first kappa shape index (κ1) is 10.9. The Morgan fingerprint density at radius 2 is 2.53 bits per heavy atom. The van der Waals surface area contributed by atoms with Gasteiger partial charge in [0.25, 0.3) is 5.91 Å². The zero-order valence-corrected chi connectivity index (χ0v) is 8.34. The van der Waals surface area contributed by atoms with Crippen molar-refractivity contribution in [3.8, 4) is 6.07 Å². The van der Waals surface area contributed by atoms with Crippen molar-refractivity contribution in [1.82, 2.24) is 10.3 Å². The summed E-state index contributed by atoms with van der Waals surface area (Å²) in [5.74, 6) is -0.298. The molecule has 76 valence electrons. The lowest BCUT2D eigenvalue weighted by molar-refractivity contribution is 0.0950. The molecule has 4 heteroatoms. The molecule has 1 heterocycles. The van der Waals surface area contributed by atoms with E-state index in [0.29, 0.717) is 5.56 Å². The van der Waals surface area contributed by atoms with Gasteiger partial charge in [0, 0.05) is 12.4 Å². The number of carbonyl (C=O) groups is 1. The first-order valence-electron chi connectivity index (χ1n) is 4.51. The molecule has 0 aliphatic carbocycles. The molecule has 1 rings (SSSR count). The molecule has 0 saturated heterocycles. The van der Waals surface area contributed by atoms with Crippen LogP contribution in [0.5, 0.6) is 0 Å². The number of hydrogen-bond donors (Lipinski definition) is 1. The van der Waals surface area contributed by atoms with Gasteiger partial charge in [0.05, 0.1) is 11.6 Å². The summed E-state index contributed by atoms with van der Waals surface area (Å²) in [5.41, 5.74) is 0.447. The van der Waals surface area contributed by atoms with Crippen LogP contribution >= 0.6 is 0 Å². The van der Waals surface area contributed by atoms with Crippen molar-refractivity contribution in [2.24, 2.45) is 0 Å². The largest absolute Gasteiger partial charge is 0.333 e. The molecule has 1 unspecified atom stereocenters. The van der Waals surface area contributed by atoms with Crippen molar-refractivity contribution in [3.05, 3.63) is 42.2 Å². The topological polar surface area (TPSA) is 65.8 Å². The van der Waals surface area contributed by atoms with Crippen LogP contribution in [0, 0.1) is 11.3 Å². The lowest BCUT2D eigenvalue weighted by atomic mass is 10.2. The van der Waals surface area contributed by atoms with Crippen LogP contribution < -0.4 is 5.32 Å². The molecule has 15 heavy (non-hydrogen) atoms. The molecule has 0 aromatic carbocycles. The summed E-state index contributed by atoms with van der Waals surface area (Å²) < 4.78 is 0. The van der Waals surface area contributed by atoms with Gasteiger partial charge in [-0.25, -0.2) is 0 Å². The molecule has 0 bridgehead atoms. The van der Waals surface area contributed by atoms with Gasteiger partial charge in [-0.05, 0) is 19.1 Å². The van der Waals surface area contributed by atoms with E-state index in [0.717, 1.165) is 0 Å². The highest BCUT2D eigenvalue weighted by Crippen LogP contribution is 1.96. The van der Waals surface area contributed by atoms with E-state index in [2.05, 4.69) is 10.3 Å². The number of nitrogens with one attached hydrogen (secondary N) is 1. The van der Waals surface area contributed by atoms with Crippen molar-refractivity contribution in [1.29, 1.82) is 5.26 Å². The molecule has 0 saturated carbocycles. The number of rotatable bonds is 3. The van der Waals surface area contributed by atoms with Crippen LogP contribution in [0.25, 0.3) is 0 Å². The maximum absolute atomic E-state index is 11.6. The molecule has 1 N–H and O–H groups in total. The Kier molecular flexibility index (Phi) is 4.05. The lowest BCUT2D eigenvalue weighted by Gasteiger charge is -2.06. The Labute approximate surface area is 88.3 Å². The van der Waals surface area contributed by atoms with E-state index in [9.17, 15) is 4.79 Å². The van der Waals surface area contributed by atoms with Gasteiger partial charge in [-0.2, -0.15) is 5.26 Å². The predicted molar refractivity (Wildman–Crippen MR) is 55.9 cm³/mol. The second-order valence-corrected chi connectivity index (χ2v) is 2.85. The highest BCUT2D eigenvalue weighted by Gasteiger charge is 2.09. The minimum atomic E-state index is -0.595. The van der Waals surface area contributed by atoms with Crippen LogP contribution in [-0.2, 0) is 0 Å². The molecule has 0 aliphatic rings. The summed E-state index contributed by atoms with van der Waals surface area (Å²) in [6.45, 7) is 1.79. The van der Waals surface area contributed by atoms with Crippen LogP contribution in [0.15, 0.2) is 36.7 Å². The zero-order chi connectivity index (χ0) is 11.1. The molecule has 0 fully saturated rings. The first-order valence-corrected chi connectivity index (χ1v) is 4.51. The van der Waals surface area contributed by atoms with E-state index in [1.807, 2.05) is 6.07 Å². The maximum Gasteiger partial charge on any atom is 0.254 e. The van der Waals surface area contributed by atoms with Gasteiger partial charge in [0.15, 0.2) is 0 Å². The molecule has 1 aromatic heterocycles. The van der Waals surface area contributed by atoms with Crippen molar-refractivity contribution in [2.45, 2.75) is 13.0 Å². The van der Waals surface area contributed by atoms with Crippen LogP contribution in [0.4, 0.5) is 0 Å². The maximum atomic E-state index is 11.6. The normalized spacial score (nSPS) is 12.0. The van der Waals surface area contributed by atoms with E-state index in [1.165, 1.54) is 6.20 Å². The Morgan fingerprint density at radius 1 is 1.73 bits per heavy atom. The number of nitriles is 1. The number of pyridine rings is 1. The van der Waals surface area contributed by atoms with Crippen LogP contribution in [0.1, 0.15) is 17.3 Å². The van der Waals surface area contributed by atoms with Crippen LogP contribution in [-0.4, -0.2) is 16.9 Å². The molecule has 0 spiro atoms. The SMILES string of the molecule is CC=CC(C#N)NC(=O)c1cccnc1. The fraction of sp³-hybridized carbons (Fsp3) is 0.182. The number of amides is 1. The van der Waals surface area contributed by atoms with Crippen LogP contribution in [0.3, 0.4) is 0 Å². The molecule has 4 nitrogen and oxygen atoms in total. The smallest absolute Gasteiger partial charge is 0.254 e. The number of allylic oxidation sites excluding steroid dienone is 1. The third-order valence-corrected chi connectivity index (χ3v) is 1.73. The monoisotopic (exact) mass is 201 g/mol. The number of hydrogen-bond acceptors (Lipinski definition) is 3. The Bertz CT molecular complexity index is 392. The fourth-order valence-corrected chi connectivity index (χ4v) is 1.04. The second kappa shape index (κ2) is 5.55. The third-order valence-electron chi connectivity index (χ3n) is 1.73. The van der Waals surface area contributed by atoms with Crippen molar-refractivity contribution in [2.75, 3.05) is 0 Å². The van der Waals surface area contributed by atoms with Gasteiger partial charge in [-0.3, -0.25) is 9.78 Å². The van der Waals surface area contributed by atoms with Gasteiger partial charge >= 0.3 is 0 Å². The summed E-state index contributed by atoms with van der Waals surface area (Å²) in [7, 11) is 0. The highest BCUT2D eigenvalue weighted by atomic mass is 16.1. The molecule has 0 radical (unpaired) electrons. The minimum Gasteiger partial charge on any atom is -0.333 e. The molecular weight excluding hydrogens is 190 g/mol. The summed E-state index contributed by atoms with van der Waals surface area (Å²) >= 11 is 0. The molecule has 0 aliphatic heterocycles. The van der Waals surface area contributed by atoms with Crippen LogP contribution in [0.2, 0.25) is 0 Å². The Morgan fingerprint density at radius 3 is 3.07 bits per heavy atom. The summed E-state index contributed by atoms with van der Waals surface area (Å²) in [4.78, 5) is 15.4. The van der Waals surface area contributed by atoms with Gasteiger partial charge in [0.2, 0.25) is 0 Å². The standard InChI is InChI=1S/C11H11N3O/c1-2-4-10(7-12)14-11(15)9-5-3-6-13-8-9/h2-6,8,10H,1H3,(H,14,15). The van der Waals surface area contributed by atoms with E-state index in [-0.39, 0.29) is 5.91 Å². The lowest BCUT2D eigenvalue weighted by Crippen LogP contribution is -2.32. The van der Waals surface area contributed by atoms with Crippen molar-refractivity contribution >= 4 is 5.91 Å². The molecule has 1 amide bonds. The quantitative estimate of drug-likeness (QED) is 0.749. The average molecular weight is 201 g/mol. The molecule has 1 aromatic rings. The van der Waals surface area contributed by atoms with Crippen molar-refractivity contribution in [3.63, 3.8) is 0 Å². The first-order chi connectivity index (χ1) is 7.27. The Hall–Kier alpha value is -2.15. The van der Waals surface area contributed by atoms with Gasteiger partial charge in [0.1, 0.15) is 6.04 Å². The Balaban J connectivity index is 2.68. The van der Waals surface area contributed by atoms with Crippen molar-refractivity contribution < 1.29 is 4.79 Å². The third kappa shape index (κ3) is 3.24. The summed E-state index contributed by atoms with van der Waals surface area (Å²) in [5, 5.41) is 11.3. The predicted octanol–water partition coefficient (Wildman–Crippen LogP) is 1.28. The van der Waals surface area contributed by atoms with E-state index in [4.69, 9.17) is 5.26 Å².